The minimum absolute atomic E-state index is 0.252. The first-order valence-corrected chi connectivity index (χ1v) is 7.53. The lowest BCUT2D eigenvalue weighted by Crippen LogP contribution is -2.12. The molecule has 0 radical (unpaired) electrons. The monoisotopic (exact) mass is 382 g/mol. The van der Waals surface area contributed by atoms with Crippen LogP contribution in [0.2, 0.25) is 25.1 Å². The molecule has 0 unspecified atom stereocenters. The quantitative estimate of drug-likeness (QED) is 0.462. The molecule has 110 valence electrons. The molecular formula is C14H7Cl5O2. The van der Waals surface area contributed by atoms with Crippen molar-refractivity contribution in [3.63, 3.8) is 0 Å². The SMILES string of the molecule is O=C(COc1cc(Cl)c(Cl)cc1Cl)c1cc(Cl)ccc1Cl. The molecule has 0 saturated heterocycles. The zero-order valence-corrected chi connectivity index (χ0v) is 14.1. The summed E-state index contributed by atoms with van der Waals surface area (Å²) in [5, 5.41) is 1.56. The van der Waals surface area contributed by atoms with Crippen LogP contribution in [-0.4, -0.2) is 12.4 Å². The standard InChI is InChI=1S/C14H7Cl5O2/c15-7-1-2-9(16)8(3-7)13(20)6-21-14-5-11(18)10(17)4-12(14)19/h1-5H,6H2. The number of ketones is 1. The van der Waals surface area contributed by atoms with Gasteiger partial charge in [0.15, 0.2) is 6.61 Å². The van der Waals surface area contributed by atoms with E-state index in [1.165, 1.54) is 18.2 Å². The first-order valence-electron chi connectivity index (χ1n) is 5.64. The summed E-state index contributed by atoms with van der Waals surface area (Å²) in [6.07, 6.45) is 0. The van der Waals surface area contributed by atoms with Crippen molar-refractivity contribution in [2.45, 2.75) is 0 Å². The predicted octanol–water partition coefficient (Wildman–Crippen LogP) is 6.22. The lowest BCUT2D eigenvalue weighted by molar-refractivity contribution is 0.0922. The lowest BCUT2D eigenvalue weighted by Gasteiger charge is -2.09. The molecule has 7 heteroatoms. The Morgan fingerprint density at radius 3 is 2.24 bits per heavy atom. The number of benzene rings is 2. The zero-order valence-electron chi connectivity index (χ0n) is 10.3. The maximum Gasteiger partial charge on any atom is 0.201 e. The average molecular weight is 384 g/mol. The summed E-state index contributed by atoms with van der Waals surface area (Å²) in [6.45, 7) is -0.252. The number of carbonyl (C=O) groups is 1. The van der Waals surface area contributed by atoms with Gasteiger partial charge in [0, 0.05) is 16.7 Å². The highest BCUT2D eigenvalue weighted by Crippen LogP contribution is 2.34. The van der Waals surface area contributed by atoms with E-state index in [-0.39, 0.29) is 33.7 Å². The van der Waals surface area contributed by atoms with Crippen LogP contribution in [0.25, 0.3) is 0 Å². The molecule has 0 spiro atoms. The van der Waals surface area contributed by atoms with Gasteiger partial charge in [-0.2, -0.15) is 0 Å². The van der Waals surface area contributed by atoms with Gasteiger partial charge >= 0.3 is 0 Å². The van der Waals surface area contributed by atoms with Crippen molar-refractivity contribution in [1.82, 2.24) is 0 Å². The first-order chi connectivity index (χ1) is 9.88. The van der Waals surface area contributed by atoms with E-state index in [1.807, 2.05) is 0 Å². The molecule has 0 bridgehead atoms. The van der Waals surface area contributed by atoms with Gasteiger partial charge in [0.1, 0.15) is 5.75 Å². The van der Waals surface area contributed by atoms with E-state index in [4.69, 9.17) is 62.7 Å². The van der Waals surface area contributed by atoms with Gasteiger partial charge in [0.05, 0.1) is 20.1 Å². The number of halogens is 5. The Hall–Kier alpha value is -0.640. The largest absolute Gasteiger partial charge is 0.484 e. The number of Topliss-reactive ketones (excluding diaryl/α,β-unsaturated/α-hetero) is 1. The van der Waals surface area contributed by atoms with Gasteiger partial charge in [-0.15, -0.1) is 0 Å². The van der Waals surface area contributed by atoms with Crippen LogP contribution < -0.4 is 4.74 Å². The Balaban J connectivity index is 2.15. The normalized spacial score (nSPS) is 10.5. The summed E-state index contributed by atoms with van der Waals surface area (Å²) in [5.41, 5.74) is 0.278. The van der Waals surface area contributed by atoms with Crippen molar-refractivity contribution in [2.75, 3.05) is 6.61 Å². The fraction of sp³-hybridized carbons (Fsp3) is 0.0714. The summed E-state index contributed by atoms with van der Waals surface area (Å²) in [7, 11) is 0. The summed E-state index contributed by atoms with van der Waals surface area (Å²) in [6, 6.07) is 7.50. The fourth-order valence-electron chi connectivity index (χ4n) is 1.55. The first kappa shape index (κ1) is 16.7. The molecule has 2 nitrogen and oxygen atoms in total. The highest BCUT2D eigenvalue weighted by molar-refractivity contribution is 6.43. The van der Waals surface area contributed by atoms with E-state index >= 15 is 0 Å². The number of rotatable bonds is 4. The van der Waals surface area contributed by atoms with Gasteiger partial charge in [-0.1, -0.05) is 58.0 Å². The van der Waals surface area contributed by atoms with E-state index in [9.17, 15) is 4.79 Å². The molecule has 0 aliphatic heterocycles. The Labute approximate surface area is 146 Å². The molecule has 0 aromatic heterocycles. The van der Waals surface area contributed by atoms with E-state index in [1.54, 1.807) is 12.1 Å². The highest BCUT2D eigenvalue weighted by atomic mass is 35.5. The molecule has 0 heterocycles. The summed E-state index contributed by atoms with van der Waals surface area (Å²) in [4.78, 5) is 12.1. The van der Waals surface area contributed by atoms with Gasteiger partial charge < -0.3 is 4.74 Å². The third-order valence-electron chi connectivity index (χ3n) is 2.56. The second kappa shape index (κ2) is 7.08. The number of carbonyl (C=O) groups excluding carboxylic acids is 1. The molecule has 2 aromatic carbocycles. The minimum atomic E-state index is -0.329. The van der Waals surface area contributed by atoms with Crippen LogP contribution in [0, 0.1) is 0 Å². The van der Waals surface area contributed by atoms with Crippen molar-refractivity contribution in [3.8, 4) is 5.75 Å². The number of hydrogen-bond donors (Lipinski definition) is 0. The topological polar surface area (TPSA) is 26.3 Å². The van der Waals surface area contributed by atoms with E-state index in [0.29, 0.717) is 15.1 Å². The molecule has 2 rings (SSSR count). The Morgan fingerprint density at radius 1 is 0.857 bits per heavy atom. The van der Waals surface area contributed by atoms with Crippen LogP contribution in [0.5, 0.6) is 5.75 Å². The van der Waals surface area contributed by atoms with E-state index < -0.39 is 0 Å². The fourth-order valence-corrected chi connectivity index (χ4v) is 2.53. The van der Waals surface area contributed by atoms with Crippen LogP contribution in [0.1, 0.15) is 10.4 Å². The molecule has 0 amide bonds. The molecule has 0 aliphatic rings. The van der Waals surface area contributed by atoms with Crippen LogP contribution in [0.3, 0.4) is 0 Å². The average Bonchev–Trinajstić information content (AvgIpc) is 2.43. The molecular weight excluding hydrogens is 377 g/mol. The number of ether oxygens (including phenoxy) is 1. The second-order valence-corrected chi connectivity index (χ2v) is 6.10. The van der Waals surface area contributed by atoms with Crippen molar-refractivity contribution in [2.24, 2.45) is 0 Å². The van der Waals surface area contributed by atoms with Gasteiger partial charge in [0.25, 0.3) is 0 Å². The van der Waals surface area contributed by atoms with Gasteiger partial charge in [-0.3, -0.25) is 4.79 Å². The highest BCUT2D eigenvalue weighted by Gasteiger charge is 2.14. The summed E-state index contributed by atoms with van der Waals surface area (Å²) < 4.78 is 5.36. The Morgan fingerprint density at radius 2 is 1.52 bits per heavy atom. The molecule has 21 heavy (non-hydrogen) atoms. The third kappa shape index (κ3) is 4.18. The molecule has 0 aliphatic carbocycles. The van der Waals surface area contributed by atoms with Crippen LogP contribution >= 0.6 is 58.0 Å². The predicted molar refractivity (Wildman–Crippen MR) is 87.8 cm³/mol. The molecule has 0 N–H and O–H groups in total. The summed E-state index contributed by atoms with van der Waals surface area (Å²) in [5.74, 6) is -0.0674. The third-order valence-corrected chi connectivity index (χ3v) is 4.14. The van der Waals surface area contributed by atoms with Crippen molar-refractivity contribution in [3.05, 3.63) is 61.0 Å². The Bertz CT molecular complexity index is 700. The van der Waals surface area contributed by atoms with Crippen LogP contribution in [-0.2, 0) is 0 Å². The maximum atomic E-state index is 12.1. The minimum Gasteiger partial charge on any atom is -0.484 e. The molecule has 0 fully saturated rings. The van der Waals surface area contributed by atoms with Crippen molar-refractivity contribution in [1.29, 1.82) is 0 Å². The smallest absolute Gasteiger partial charge is 0.201 e. The van der Waals surface area contributed by atoms with Gasteiger partial charge in [-0.25, -0.2) is 0 Å². The summed E-state index contributed by atoms with van der Waals surface area (Å²) >= 11 is 29.4. The molecule has 0 saturated carbocycles. The van der Waals surface area contributed by atoms with E-state index in [2.05, 4.69) is 0 Å². The molecule has 0 atom stereocenters. The van der Waals surface area contributed by atoms with Crippen LogP contribution in [0.4, 0.5) is 0 Å². The lowest BCUT2D eigenvalue weighted by atomic mass is 10.1. The van der Waals surface area contributed by atoms with E-state index in [0.717, 1.165) is 0 Å². The maximum absolute atomic E-state index is 12.1. The Kier molecular flexibility index (Phi) is 5.64. The van der Waals surface area contributed by atoms with Crippen LogP contribution in [0.15, 0.2) is 30.3 Å². The number of hydrogen-bond acceptors (Lipinski definition) is 2. The van der Waals surface area contributed by atoms with Crippen molar-refractivity contribution < 1.29 is 9.53 Å². The van der Waals surface area contributed by atoms with Gasteiger partial charge in [0.2, 0.25) is 5.78 Å². The van der Waals surface area contributed by atoms with Crippen molar-refractivity contribution >= 4 is 63.8 Å². The van der Waals surface area contributed by atoms with Gasteiger partial charge in [-0.05, 0) is 24.3 Å². The zero-order chi connectivity index (χ0) is 15.6. The second-order valence-electron chi connectivity index (χ2n) is 4.03. The molecule has 2 aromatic rings.